The number of nitrogens with zero attached hydrogens (tertiary/aromatic N) is 12. The van der Waals surface area contributed by atoms with Crippen molar-refractivity contribution in [3.63, 3.8) is 0 Å². The van der Waals surface area contributed by atoms with Gasteiger partial charge in [-0.3, -0.25) is 9.80 Å². The second-order valence-electron chi connectivity index (χ2n) is 12.5. The molecule has 4 aromatic heterocycles. The molecule has 12 nitrogen and oxygen atoms in total. The summed E-state index contributed by atoms with van der Waals surface area (Å²) < 4.78 is 0. The second-order valence-corrected chi connectivity index (χ2v) is 12.5. The van der Waals surface area contributed by atoms with Crippen LogP contribution in [0.25, 0.3) is 0 Å². The van der Waals surface area contributed by atoms with Crippen LogP contribution < -0.4 is 9.80 Å². The molecule has 4 saturated heterocycles. The monoisotopic (exact) mass is 660 g/mol. The van der Waals surface area contributed by atoms with E-state index in [1.165, 1.54) is 0 Å². The largest absolute Gasteiger partial charge is 0.351 e. The number of hydrogen-bond acceptors (Lipinski definition) is 12. The molecule has 0 radical (unpaired) electrons. The minimum absolute atomic E-state index is 0.284. The molecule has 0 unspecified atom stereocenters. The normalized spacial score (nSPS) is 22.6. The van der Waals surface area contributed by atoms with E-state index in [0.717, 1.165) is 76.3 Å². The zero-order valence-electron chi connectivity index (χ0n) is 27.7. The Bertz CT molecular complexity index is 1840. The Morgan fingerprint density at radius 1 is 0.520 bits per heavy atom. The Kier molecular flexibility index (Phi) is 10.1. The highest BCUT2D eigenvalue weighted by molar-refractivity contribution is 5.51. The van der Waals surface area contributed by atoms with Crippen molar-refractivity contribution in [2.75, 3.05) is 49.1 Å². The van der Waals surface area contributed by atoms with E-state index < -0.39 is 0 Å². The smallest absolute Gasteiger partial charge is 0.183 e. The predicted molar refractivity (Wildman–Crippen MR) is 187 cm³/mol. The van der Waals surface area contributed by atoms with Crippen LogP contribution in [0.5, 0.6) is 0 Å². The molecular formula is C38H36N12. The molecule has 0 aliphatic carbocycles. The van der Waals surface area contributed by atoms with Crippen molar-refractivity contribution in [2.45, 2.75) is 49.9 Å². The van der Waals surface area contributed by atoms with Gasteiger partial charge in [-0.2, -0.15) is 10.5 Å². The zero-order valence-corrected chi connectivity index (χ0v) is 27.7. The van der Waals surface area contributed by atoms with E-state index in [0.29, 0.717) is 35.1 Å². The third kappa shape index (κ3) is 7.38. The van der Waals surface area contributed by atoms with Gasteiger partial charge in [0.2, 0.25) is 0 Å². The average molecular weight is 661 g/mol. The van der Waals surface area contributed by atoms with E-state index in [1.54, 1.807) is 37.2 Å². The fourth-order valence-corrected chi connectivity index (χ4v) is 7.27. The van der Waals surface area contributed by atoms with Crippen molar-refractivity contribution in [1.29, 1.82) is 10.5 Å². The molecule has 0 N–H and O–H groups in total. The molecule has 4 aliphatic heterocycles. The molecule has 0 aromatic carbocycles. The summed E-state index contributed by atoms with van der Waals surface area (Å²) in [6, 6.07) is 17.3. The number of hydrogen-bond donors (Lipinski definition) is 0. The Labute approximate surface area is 292 Å². The Morgan fingerprint density at radius 2 is 0.980 bits per heavy atom. The summed E-state index contributed by atoms with van der Waals surface area (Å²) in [7, 11) is 0. The number of pyridine rings is 2. The molecular weight excluding hydrogens is 625 g/mol. The Hall–Kier alpha value is -5.92. The van der Waals surface area contributed by atoms with E-state index in [-0.39, 0.29) is 12.1 Å². The fourth-order valence-electron chi connectivity index (χ4n) is 7.27. The van der Waals surface area contributed by atoms with E-state index >= 15 is 0 Å². The summed E-state index contributed by atoms with van der Waals surface area (Å²) in [4.78, 5) is 34.9. The first kappa shape index (κ1) is 32.6. The Morgan fingerprint density at radius 3 is 1.40 bits per heavy atom. The van der Waals surface area contributed by atoms with Crippen LogP contribution in [0.1, 0.15) is 48.5 Å². The molecule has 0 spiro atoms. The van der Waals surface area contributed by atoms with Crippen LogP contribution in [0.15, 0.2) is 73.6 Å². The molecule has 12 heteroatoms. The third-order valence-corrected chi connectivity index (χ3v) is 9.64. The van der Waals surface area contributed by atoms with E-state index in [4.69, 9.17) is 0 Å². The number of nitriles is 2. The summed E-state index contributed by atoms with van der Waals surface area (Å²) in [6.45, 7) is 5.27. The minimum atomic E-state index is 0.284. The van der Waals surface area contributed by atoms with Gasteiger partial charge in [0.1, 0.15) is 23.5 Å². The number of anilines is 2. The van der Waals surface area contributed by atoms with Gasteiger partial charge in [-0.25, -0.2) is 29.9 Å². The minimum Gasteiger partial charge on any atom is -0.351 e. The van der Waals surface area contributed by atoms with E-state index in [2.05, 4.69) is 85.3 Å². The molecule has 0 saturated carbocycles. The van der Waals surface area contributed by atoms with Gasteiger partial charge in [-0.15, -0.1) is 0 Å². The predicted octanol–water partition coefficient (Wildman–Crippen LogP) is 2.90. The van der Waals surface area contributed by atoms with Crippen molar-refractivity contribution in [1.82, 2.24) is 39.7 Å². The molecule has 8 rings (SSSR count). The molecule has 0 amide bonds. The van der Waals surface area contributed by atoms with Crippen LogP contribution in [0.3, 0.4) is 0 Å². The van der Waals surface area contributed by atoms with Gasteiger partial charge in [-0.05, 0) is 61.8 Å². The van der Waals surface area contributed by atoms with Crippen molar-refractivity contribution < 1.29 is 0 Å². The van der Waals surface area contributed by atoms with Gasteiger partial charge in [-0.1, -0.05) is 24.0 Å². The van der Waals surface area contributed by atoms with Gasteiger partial charge in [0.15, 0.2) is 23.0 Å². The highest BCUT2D eigenvalue weighted by Crippen LogP contribution is 2.31. The molecule has 50 heavy (non-hydrogen) atoms. The van der Waals surface area contributed by atoms with Gasteiger partial charge in [0, 0.05) is 88.5 Å². The van der Waals surface area contributed by atoms with Crippen LogP contribution in [0.4, 0.5) is 11.6 Å². The summed E-state index contributed by atoms with van der Waals surface area (Å²) in [5, 5.41) is 18.5. The first-order valence-corrected chi connectivity index (χ1v) is 17.0. The topological polar surface area (TPSA) is 138 Å². The van der Waals surface area contributed by atoms with Crippen LogP contribution in [0.2, 0.25) is 0 Å². The molecule has 4 aromatic rings. The number of aromatic nitrogens is 6. The molecule has 0 bridgehead atoms. The molecule has 4 fully saturated rings. The molecule has 4 atom stereocenters. The summed E-state index contributed by atoms with van der Waals surface area (Å²) >= 11 is 0. The highest BCUT2D eigenvalue weighted by atomic mass is 15.3. The third-order valence-electron chi connectivity index (χ3n) is 9.64. The van der Waals surface area contributed by atoms with Crippen molar-refractivity contribution in [3.05, 3.63) is 96.4 Å². The number of fused-ring (bicyclic) bond motifs is 2. The van der Waals surface area contributed by atoms with Crippen LogP contribution in [-0.2, 0) is 0 Å². The van der Waals surface area contributed by atoms with Crippen LogP contribution >= 0.6 is 0 Å². The standard InChI is InChI=1S/2C19H18N6/c2*20-13-18-19(23-10-9-22-18)24-11-12-25-16(6-7-17(25)14-24)5-4-15-3-1-2-8-21-15/h2*1-3,8-10,16-17H,6-7,11-12,14H2/t2*16-,17-/m10/s1. The molecule has 248 valence electrons. The zero-order chi connectivity index (χ0) is 34.1. The summed E-state index contributed by atoms with van der Waals surface area (Å²) in [5.74, 6) is 14.6. The lowest BCUT2D eigenvalue weighted by atomic mass is 10.1. The maximum Gasteiger partial charge on any atom is 0.183 e. The van der Waals surface area contributed by atoms with Gasteiger partial charge < -0.3 is 9.80 Å². The van der Waals surface area contributed by atoms with Gasteiger partial charge in [0.05, 0.1) is 12.1 Å². The van der Waals surface area contributed by atoms with Gasteiger partial charge in [0.25, 0.3) is 0 Å². The fraction of sp³-hybridized carbons (Fsp3) is 0.368. The maximum absolute atomic E-state index is 9.24. The number of rotatable bonds is 2. The molecule has 8 heterocycles. The van der Waals surface area contributed by atoms with Gasteiger partial charge >= 0.3 is 0 Å². The van der Waals surface area contributed by atoms with E-state index in [9.17, 15) is 10.5 Å². The maximum atomic E-state index is 9.24. The number of piperazine rings is 2. The second kappa shape index (κ2) is 15.5. The first-order chi connectivity index (χ1) is 24.7. The quantitative estimate of drug-likeness (QED) is 0.292. The summed E-state index contributed by atoms with van der Waals surface area (Å²) in [6.07, 6.45) is 14.3. The Balaban J connectivity index is 0.000000157. The lowest BCUT2D eigenvalue weighted by molar-refractivity contribution is 0.202. The lowest BCUT2D eigenvalue weighted by Gasteiger charge is -2.39. The lowest BCUT2D eigenvalue weighted by Crippen LogP contribution is -2.52. The van der Waals surface area contributed by atoms with Crippen LogP contribution in [0, 0.1) is 46.3 Å². The first-order valence-electron chi connectivity index (χ1n) is 17.0. The average Bonchev–Trinajstić information content (AvgIpc) is 3.80. The van der Waals surface area contributed by atoms with Crippen molar-refractivity contribution in [3.8, 4) is 35.8 Å². The van der Waals surface area contributed by atoms with E-state index in [1.807, 2.05) is 36.4 Å². The van der Waals surface area contributed by atoms with Crippen LogP contribution in [-0.4, -0.2) is 103 Å². The summed E-state index contributed by atoms with van der Waals surface area (Å²) in [5.41, 5.74) is 2.45. The highest BCUT2D eigenvalue weighted by Gasteiger charge is 2.38. The van der Waals surface area contributed by atoms with Crippen molar-refractivity contribution in [2.24, 2.45) is 0 Å². The SMILES string of the molecule is N#Cc1nccnc1N1CCN2[C@@H](CC[C@@H]2C#Cc2ccccn2)C1.N#Cc1nccnc1N1CCN2[C@H](CC[C@H]2C#Cc2ccccn2)C1. The molecule has 4 aliphatic rings. The van der Waals surface area contributed by atoms with Crippen molar-refractivity contribution >= 4 is 11.6 Å².